The predicted octanol–water partition coefficient (Wildman–Crippen LogP) is 2.85. The van der Waals surface area contributed by atoms with E-state index in [1.54, 1.807) is 16.7 Å². The third kappa shape index (κ3) is 2.66. The van der Waals surface area contributed by atoms with Crippen molar-refractivity contribution in [1.29, 1.82) is 0 Å². The molecule has 98 valence electrons. The lowest BCUT2D eigenvalue weighted by Crippen LogP contribution is -2.41. The average molecular weight is 271 g/mol. The van der Waals surface area contributed by atoms with E-state index in [2.05, 4.69) is 0 Å². The highest BCUT2D eigenvalue weighted by atomic mass is 32.2. The Bertz CT molecular complexity index is 478. The summed E-state index contributed by atoms with van der Waals surface area (Å²) in [5, 5.41) is 0.354. The van der Waals surface area contributed by atoms with Crippen LogP contribution in [-0.2, 0) is 0 Å². The Labute approximate surface area is 109 Å². The van der Waals surface area contributed by atoms with Crippen LogP contribution in [0.1, 0.15) is 22.8 Å². The van der Waals surface area contributed by atoms with Crippen molar-refractivity contribution in [2.24, 2.45) is 0 Å². The summed E-state index contributed by atoms with van der Waals surface area (Å²) in [5.41, 5.74) is 0.257. The zero-order chi connectivity index (χ0) is 13.3. The number of aryl methyl sites for hydroxylation is 1. The van der Waals surface area contributed by atoms with Gasteiger partial charge in [-0.15, -0.1) is 0 Å². The Morgan fingerprint density at radius 1 is 1.39 bits per heavy atom. The maximum absolute atomic E-state index is 13.6. The molecule has 0 aliphatic carbocycles. The van der Waals surface area contributed by atoms with Gasteiger partial charge in [0.1, 0.15) is 11.6 Å². The van der Waals surface area contributed by atoms with E-state index >= 15 is 0 Å². The number of hydrogen-bond acceptors (Lipinski definition) is 2. The first-order valence-corrected chi connectivity index (χ1v) is 6.90. The number of rotatable bonds is 1. The number of carbonyl (C=O) groups excluding carboxylic acids is 1. The fraction of sp³-hybridized carbons (Fsp3) is 0.462. The minimum absolute atomic E-state index is 0.0343. The van der Waals surface area contributed by atoms with Gasteiger partial charge in [-0.2, -0.15) is 11.8 Å². The van der Waals surface area contributed by atoms with Gasteiger partial charge in [-0.3, -0.25) is 4.79 Å². The molecule has 18 heavy (non-hydrogen) atoms. The summed E-state index contributed by atoms with van der Waals surface area (Å²) in [6.07, 6.45) is 0. The molecule has 0 radical (unpaired) electrons. The van der Waals surface area contributed by atoms with E-state index in [-0.39, 0.29) is 11.5 Å². The van der Waals surface area contributed by atoms with Crippen LogP contribution in [0.25, 0.3) is 0 Å². The molecule has 0 saturated carbocycles. The first kappa shape index (κ1) is 13.3. The monoisotopic (exact) mass is 271 g/mol. The first-order chi connectivity index (χ1) is 8.49. The number of thioether (sulfide) groups is 1. The molecule has 1 fully saturated rings. The third-order valence-corrected chi connectivity index (χ3v) is 4.14. The Morgan fingerprint density at radius 2 is 2.11 bits per heavy atom. The standard InChI is InChI=1S/C13H15F2NOS/c1-8-5-10(12(15)6-11(8)14)13(17)16-3-4-18-9(2)7-16/h5-6,9H,3-4,7H2,1-2H3. The number of halogens is 2. The molecule has 0 N–H and O–H groups in total. The normalized spacial score (nSPS) is 20.0. The van der Waals surface area contributed by atoms with Crippen LogP contribution in [0, 0.1) is 18.6 Å². The van der Waals surface area contributed by atoms with Crippen molar-refractivity contribution in [3.63, 3.8) is 0 Å². The molecule has 2 nitrogen and oxygen atoms in total. The Hall–Kier alpha value is -1.10. The Kier molecular flexibility index (Phi) is 3.90. The molecule has 2 rings (SSSR count). The smallest absolute Gasteiger partial charge is 0.256 e. The molecule has 1 atom stereocenters. The van der Waals surface area contributed by atoms with Gasteiger partial charge >= 0.3 is 0 Å². The second kappa shape index (κ2) is 5.26. The fourth-order valence-electron chi connectivity index (χ4n) is 1.99. The summed E-state index contributed by atoms with van der Waals surface area (Å²) < 4.78 is 26.8. The molecule has 1 aliphatic rings. The molecule has 0 spiro atoms. The van der Waals surface area contributed by atoms with Gasteiger partial charge in [0.25, 0.3) is 5.91 Å². The van der Waals surface area contributed by atoms with Crippen molar-refractivity contribution in [2.45, 2.75) is 19.1 Å². The van der Waals surface area contributed by atoms with Crippen LogP contribution in [0.2, 0.25) is 0 Å². The quantitative estimate of drug-likeness (QED) is 0.783. The summed E-state index contributed by atoms with van der Waals surface area (Å²) in [4.78, 5) is 13.8. The average Bonchev–Trinajstić information content (AvgIpc) is 2.33. The zero-order valence-electron chi connectivity index (χ0n) is 10.4. The molecule has 1 amide bonds. The second-order valence-corrected chi connectivity index (χ2v) is 6.06. The number of amides is 1. The predicted molar refractivity (Wildman–Crippen MR) is 68.9 cm³/mol. The second-order valence-electron chi connectivity index (χ2n) is 4.51. The lowest BCUT2D eigenvalue weighted by Gasteiger charge is -2.30. The molecule has 1 saturated heterocycles. The van der Waals surface area contributed by atoms with Crippen LogP contribution in [0.3, 0.4) is 0 Å². The fourth-order valence-corrected chi connectivity index (χ4v) is 3.01. The molecule has 1 heterocycles. The summed E-state index contributed by atoms with van der Waals surface area (Å²) in [5.74, 6) is -0.891. The highest BCUT2D eigenvalue weighted by molar-refractivity contribution is 7.99. The van der Waals surface area contributed by atoms with Gasteiger partial charge in [0.05, 0.1) is 5.56 Å². The number of carbonyl (C=O) groups is 1. The van der Waals surface area contributed by atoms with E-state index in [0.717, 1.165) is 11.8 Å². The van der Waals surface area contributed by atoms with Crippen molar-refractivity contribution in [3.05, 3.63) is 34.9 Å². The molecule has 1 aliphatic heterocycles. The maximum Gasteiger partial charge on any atom is 0.256 e. The van der Waals surface area contributed by atoms with E-state index in [0.29, 0.717) is 23.9 Å². The van der Waals surface area contributed by atoms with E-state index in [4.69, 9.17) is 0 Å². The molecule has 0 aromatic heterocycles. The lowest BCUT2D eigenvalue weighted by molar-refractivity contribution is 0.0758. The van der Waals surface area contributed by atoms with Crippen molar-refractivity contribution < 1.29 is 13.6 Å². The van der Waals surface area contributed by atoms with Crippen molar-refractivity contribution in [1.82, 2.24) is 4.90 Å². The van der Waals surface area contributed by atoms with Crippen LogP contribution in [-0.4, -0.2) is 34.9 Å². The van der Waals surface area contributed by atoms with Crippen molar-refractivity contribution in [2.75, 3.05) is 18.8 Å². The third-order valence-electron chi connectivity index (χ3n) is 3.01. The van der Waals surface area contributed by atoms with Crippen molar-refractivity contribution >= 4 is 17.7 Å². The minimum atomic E-state index is -0.783. The van der Waals surface area contributed by atoms with Gasteiger partial charge < -0.3 is 4.90 Å². The van der Waals surface area contributed by atoms with E-state index < -0.39 is 11.6 Å². The van der Waals surface area contributed by atoms with Crippen LogP contribution in [0.15, 0.2) is 12.1 Å². The summed E-state index contributed by atoms with van der Waals surface area (Å²) in [7, 11) is 0. The zero-order valence-corrected chi connectivity index (χ0v) is 11.2. The molecule has 5 heteroatoms. The van der Waals surface area contributed by atoms with E-state index in [1.807, 2.05) is 6.92 Å². The van der Waals surface area contributed by atoms with Crippen molar-refractivity contribution in [3.8, 4) is 0 Å². The molecule has 1 aromatic rings. The number of nitrogens with zero attached hydrogens (tertiary/aromatic N) is 1. The minimum Gasteiger partial charge on any atom is -0.337 e. The number of benzene rings is 1. The largest absolute Gasteiger partial charge is 0.337 e. The van der Waals surface area contributed by atoms with Crippen LogP contribution in [0.4, 0.5) is 8.78 Å². The highest BCUT2D eigenvalue weighted by Gasteiger charge is 2.25. The Morgan fingerprint density at radius 3 is 2.78 bits per heavy atom. The van der Waals surface area contributed by atoms with Crippen LogP contribution in [0.5, 0.6) is 0 Å². The van der Waals surface area contributed by atoms with E-state index in [9.17, 15) is 13.6 Å². The van der Waals surface area contributed by atoms with Gasteiger partial charge in [-0.25, -0.2) is 8.78 Å². The number of hydrogen-bond donors (Lipinski definition) is 0. The molecular formula is C13H15F2NOS. The topological polar surface area (TPSA) is 20.3 Å². The molecular weight excluding hydrogens is 256 g/mol. The first-order valence-electron chi connectivity index (χ1n) is 5.85. The highest BCUT2D eigenvalue weighted by Crippen LogP contribution is 2.21. The van der Waals surface area contributed by atoms with Crippen LogP contribution < -0.4 is 0 Å². The summed E-state index contributed by atoms with van der Waals surface area (Å²) >= 11 is 1.80. The van der Waals surface area contributed by atoms with Gasteiger partial charge in [0, 0.05) is 30.2 Å². The molecule has 1 unspecified atom stereocenters. The summed E-state index contributed by atoms with van der Waals surface area (Å²) in [6.45, 7) is 4.79. The van der Waals surface area contributed by atoms with E-state index in [1.165, 1.54) is 13.0 Å². The van der Waals surface area contributed by atoms with Gasteiger partial charge in [0.15, 0.2) is 0 Å². The molecule has 0 bridgehead atoms. The lowest BCUT2D eigenvalue weighted by atomic mass is 10.1. The maximum atomic E-state index is 13.6. The summed E-state index contributed by atoms with van der Waals surface area (Å²) in [6, 6.07) is 2.07. The molecule has 1 aromatic carbocycles. The van der Waals surface area contributed by atoms with Gasteiger partial charge in [-0.05, 0) is 18.6 Å². The Balaban J connectivity index is 2.25. The van der Waals surface area contributed by atoms with Gasteiger partial charge in [0.2, 0.25) is 0 Å². The van der Waals surface area contributed by atoms with Gasteiger partial charge in [-0.1, -0.05) is 6.92 Å². The van der Waals surface area contributed by atoms with Crippen LogP contribution >= 0.6 is 11.8 Å². The SMILES string of the molecule is Cc1cc(C(=O)N2CCSC(C)C2)c(F)cc1F.